The number of amides is 2. The molecule has 1 heterocycles. The van der Waals surface area contributed by atoms with E-state index < -0.39 is 40.0 Å². The zero-order chi connectivity index (χ0) is 29.0. The smallest absolute Gasteiger partial charge is 0.255 e. The Labute approximate surface area is 246 Å². The van der Waals surface area contributed by atoms with Crippen molar-refractivity contribution >= 4 is 33.4 Å². The Morgan fingerprint density at radius 1 is 0.976 bits per heavy atom. The molecular weight excluding hydrogens is 562 g/mol. The summed E-state index contributed by atoms with van der Waals surface area (Å²) in [6, 6.07) is 22.1. The molecule has 3 aromatic carbocycles. The normalized spacial score (nSPS) is 22.7. The van der Waals surface area contributed by atoms with Gasteiger partial charge in [0.2, 0.25) is 10.0 Å². The minimum absolute atomic E-state index is 0.0581. The van der Waals surface area contributed by atoms with E-state index >= 15 is 0 Å². The third-order valence-corrected chi connectivity index (χ3v) is 9.60. The van der Waals surface area contributed by atoms with Crippen LogP contribution in [0.4, 0.5) is 0 Å². The van der Waals surface area contributed by atoms with Crippen LogP contribution in [0.15, 0.2) is 78.9 Å². The minimum Gasteiger partial charge on any atom is -0.326 e. The van der Waals surface area contributed by atoms with E-state index in [1.807, 2.05) is 48.5 Å². The number of hydroxylamine groups is 1. The van der Waals surface area contributed by atoms with Gasteiger partial charge in [0.05, 0.1) is 24.3 Å². The van der Waals surface area contributed by atoms with E-state index in [2.05, 4.69) is 10.2 Å². The number of benzene rings is 3. The summed E-state index contributed by atoms with van der Waals surface area (Å²) in [6.07, 6.45) is 2.88. The summed E-state index contributed by atoms with van der Waals surface area (Å²) < 4.78 is 28.2. The van der Waals surface area contributed by atoms with Crippen molar-refractivity contribution in [1.29, 1.82) is 0 Å². The van der Waals surface area contributed by atoms with Crippen molar-refractivity contribution in [3.8, 4) is 0 Å². The fourth-order valence-corrected chi connectivity index (χ4v) is 6.97. The number of rotatable bonds is 9. The summed E-state index contributed by atoms with van der Waals surface area (Å²) in [7, 11) is -3.53. The van der Waals surface area contributed by atoms with E-state index in [1.165, 1.54) is 0 Å². The quantitative estimate of drug-likeness (QED) is 0.334. The van der Waals surface area contributed by atoms with Crippen LogP contribution in [0, 0.1) is 0 Å². The van der Waals surface area contributed by atoms with Gasteiger partial charge in [-0.05, 0) is 54.7 Å². The predicted octanol–water partition coefficient (Wildman–Crippen LogP) is 5.12. The van der Waals surface area contributed by atoms with Gasteiger partial charge >= 0.3 is 0 Å². The molecule has 3 aromatic rings. The lowest BCUT2D eigenvalue weighted by Gasteiger charge is -2.49. The lowest BCUT2D eigenvalue weighted by molar-refractivity contribution is -0.138. The first-order chi connectivity index (χ1) is 19.8. The van der Waals surface area contributed by atoms with Gasteiger partial charge in [0.25, 0.3) is 11.8 Å². The van der Waals surface area contributed by atoms with Crippen LogP contribution in [0.3, 0.4) is 0 Å². The van der Waals surface area contributed by atoms with Gasteiger partial charge < -0.3 is 4.90 Å². The Bertz CT molecular complexity index is 1480. The number of nitrogens with one attached hydrogen (secondary N) is 2. The number of nitrogens with zero attached hydrogens (tertiary/aromatic N) is 1. The van der Waals surface area contributed by atoms with Gasteiger partial charge in [-0.1, -0.05) is 85.1 Å². The minimum atomic E-state index is -3.53. The van der Waals surface area contributed by atoms with Gasteiger partial charge in [-0.15, -0.1) is 0 Å². The summed E-state index contributed by atoms with van der Waals surface area (Å²) in [5.41, 5.74) is 5.27. The Kier molecular flexibility index (Phi) is 9.09. The summed E-state index contributed by atoms with van der Waals surface area (Å²) in [5.74, 6) is -1.50. The van der Waals surface area contributed by atoms with Gasteiger partial charge in [0.1, 0.15) is 0 Å². The van der Waals surface area contributed by atoms with Crippen LogP contribution < -0.4 is 10.2 Å². The van der Waals surface area contributed by atoms with Crippen LogP contribution in [-0.4, -0.2) is 43.0 Å². The summed E-state index contributed by atoms with van der Waals surface area (Å²) in [4.78, 5) is 35.6. The van der Waals surface area contributed by atoms with E-state index in [0.717, 1.165) is 24.0 Å². The SMILES string of the molecule is CCS(=O)(=O)N[C@H]1CCCCC1N1C(=O)c2ccccc2[C@@H](C(=O)NOCc2ccccc2)[C@@H]1c1ccc(Cl)cc1. The molecule has 2 amide bonds. The van der Waals surface area contributed by atoms with Gasteiger partial charge in [-0.25, -0.2) is 18.6 Å². The zero-order valence-corrected chi connectivity index (χ0v) is 24.4. The molecule has 1 aliphatic heterocycles. The zero-order valence-electron chi connectivity index (χ0n) is 22.8. The second kappa shape index (κ2) is 12.7. The molecular formula is C31H34ClN3O5S. The third kappa shape index (κ3) is 6.48. The fraction of sp³-hybridized carbons (Fsp3) is 0.355. The number of hydrogen-bond donors (Lipinski definition) is 2. The monoisotopic (exact) mass is 595 g/mol. The number of carbonyl (C=O) groups is 2. The number of hydrogen-bond acceptors (Lipinski definition) is 5. The van der Waals surface area contributed by atoms with E-state index in [9.17, 15) is 18.0 Å². The van der Waals surface area contributed by atoms with Crippen LogP contribution in [0.25, 0.3) is 0 Å². The third-order valence-electron chi connectivity index (χ3n) is 7.92. The van der Waals surface area contributed by atoms with Crippen molar-refractivity contribution in [1.82, 2.24) is 15.1 Å². The van der Waals surface area contributed by atoms with Crippen LogP contribution in [0.2, 0.25) is 5.02 Å². The largest absolute Gasteiger partial charge is 0.326 e. The van der Waals surface area contributed by atoms with Crippen LogP contribution in [0.5, 0.6) is 0 Å². The highest BCUT2D eigenvalue weighted by atomic mass is 35.5. The Hall–Kier alpha value is -3.24. The fourth-order valence-electron chi connectivity index (χ4n) is 5.94. The van der Waals surface area contributed by atoms with Gasteiger partial charge in [-0.3, -0.25) is 14.4 Å². The van der Waals surface area contributed by atoms with Crippen molar-refractivity contribution in [3.05, 3.63) is 106 Å². The van der Waals surface area contributed by atoms with Crippen molar-refractivity contribution in [2.45, 2.75) is 63.3 Å². The molecule has 1 aliphatic carbocycles. The Morgan fingerprint density at radius 3 is 2.39 bits per heavy atom. The Balaban J connectivity index is 1.57. The predicted molar refractivity (Wildman–Crippen MR) is 158 cm³/mol. The molecule has 8 nitrogen and oxygen atoms in total. The molecule has 0 spiro atoms. The average Bonchev–Trinajstić information content (AvgIpc) is 2.98. The van der Waals surface area contributed by atoms with E-state index in [1.54, 1.807) is 42.2 Å². The summed E-state index contributed by atoms with van der Waals surface area (Å²) in [5, 5.41) is 0.529. The standard InChI is InChI=1S/C31H34ClN3O5S/c1-2-41(38,39)34-26-14-8-9-15-27(26)35-29(22-16-18-23(32)19-17-22)28(24-12-6-7-13-25(24)31(35)37)30(36)33-40-20-21-10-4-3-5-11-21/h3-7,10-13,16-19,26-29,34H,2,8-9,14-15,20H2,1H3,(H,33,36)/t26-,27?,28+,29-/m0/s1. The highest BCUT2D eigenvalue weighted by Gasteiger charge is 2.49. The van der Waals surface area contributed by atoms with Crippen LogP contribution in [-0.2, 0) is 26.3 Å². The van der Waals surface area contributed by atoms with Gasteiger partial charge in [0.15, 0.2) is 0 Å². The first-order valence-corrected chi connectivity index (χ1v) is 15.9. The van der Waals surface area contributed by atoms with Crippen LogP contribution >= 0.6 is 11.6 Å². The molecule has 41 heavy (non-hydrogen) atoms. The first kappa shape index (κ1) is 29.3. The molecule has 0 saturated heterocycles. The van der Waals surface area contributed by atoms with Gasteiger partial charge in [0, 0.05) is 22.7 Å². The molecule has 216 valence electrons. The van der Waals surface area contributed by atoms with Gasteiger partial charge in [-0.2, -0.15) is 0 Å². The maximum absolute atomic E-state index is 14.3. The van der Waals surface area contributed by atoms with E-state index in [0.29, 0.717) is 29.0 Å². The average molecular weight is 596 g/mol. The molecule has 1 unspecified atom stereocenters. The van der Waals surface area contributed by atoms with Crippen molar-refractivity contribution in [3.63, 3.8) is 0 Å². The highest BCUT2D eigenvalue weighted by molar-refractivity contribution is 7.89. The molecule has 0 radical (unpaired) electrons. The van der Waals surface area contributed by atoms with E-state index in [4.69, 9.17) is 16.4 Å². The molecule has 10 heteroatoms. The number of fused-ring (bicyclic) bond motifs is 1. The van der Waals surface area contributed by atoms with Crippen molar-refractivity contribution < 1.29 is 22.8 Å². The molecule has 0 bridgehead atoms. The first-order valence-electron chi connectivity index (χ1n) is 13.9. The molecule has 0 aromatic heterocycles. The lowest BCUT2D eigenvalue weighted by atomic mass is 9.76. The second-order valence-electron chi connectivity index (χ2n) is 10.5. The maximum Gasteiger partial charge on any atom is 0.255 e. The summed E-state index contributed by atoms with van der Waals surface area (Å²) >= 11 is 6.23. The number of halogens is 1. The molecule has 2 aliphatic rings. The molecule has 5 rings (SSSR count). The summed E-state index contributed by atoms with van der Waals surface area (Å²) in [6.45, 7) is 1.77. The molecule has 2 N–H and O–H groups in total. The Morgan fingerprint density at radius 2 is 1.66 bits per heavy atom. The number of sulfonamides is 1. The lowest BCUT2D eigenvalue weighted by Crippen LogP contribution is -2.59. The van der Waals surface area contributed by atoms with Crippen LogP contribution in [0.1, 0.15) is 71.6 Å². The molecule has 1 saturated carbocycles. The number of carbonyl (C=O) groups excluding carboxylic acids is 2. The van der Waals surface area contributed by atoms with E-state index in [-0.39, 0.29) is 18.3 Å². The highest BCUT2D eigenvalue weighted by Crippen LogP contribution is 2.46. The topological polar surface area (TPSA) is 105 Å². The molecule has 4 atom stereocenters. The van der Waals surface area contributed by atoms with Crippen molar-refractivity contribution in [2.75, 3.05) is 5.75 Å². The second-order valence-corrected chi connectivity index (χ2v) is 13.0. The van der Waals surface area contributed by atoms with Crippen molar-refractivity contribution in [2.24, 2.45) is 0 Å². The maximum atomic E-state index is 14.3. The molecule has 1 fully saturated rings.